The highest BCUT2D eigenvalue weighted by molar-refractivity contribution is 5.94. The monoisotopic (exact) mass is 359 g/mol. The van der Waals surface area contributed by atoms with Gasteiger partial charge in [-0.3, -0.25) is 18.7 Å². The van der Waals surface area contributed by atoms with E-state index in [-0.39, 0.29) is 18.1 Å². The van der Waals surface area contributed by atoms with Crippen LogP contribution in [0, 0.1) is 0 Å². The molecule has 2 aromatic rings. The minimum absolute atomic E-state index is 0.0771. The van der Waals surface area contributed by atoms with Gasteiger partial charge in [0.25, 0.3) is 5.56 Å². The second kappa shape index (κ2) is 6.70. The molecule has 0 radical (unpaired) electrons. The summed E-state index contributed by atoms with van der Waals surface area (Å²) in [5.74, 6) is 0.444. The van der Waals surface area contributed by atoms with Crippen LogP contribution in [0.1, 0.15) is 30.4 Å². The minimum atomic E-state index is -0.541. The van der Waals surface area contributed by atoms with E-state index in [2.05, 4.69) is 5.32 Å². The molecule has 1 N–H and O–H groups in total. The molecule has 1 aliphatic heterocycles. The lowest BCUT2D eigenvalue weighted by Gasteiger charge is -2.28. The Hall–Kier alpha value is -3.03. The number of benzene rings is 1. The topological polar surface area (TPSA) is 91.6 Å². The van der Waals surface area contributed by atoms with Crippen LogP contribution in [0.15, 0.2) is 27.8 Å². The molecule has 1 amide bonds. The van der Waals surface area contributed by atoms with Gasteiger partial charge in [-0.2, -0.15) is 0 Å². The first-order chi connectivity index (χ1) is 12.4. The van der Waals surface area contributed by atoms with Crippen molar-refractivity contribution in [3.05, 3.63) is 50.2 Å². The molecule has 0 fully saturated rings. The molecule has 1 atom stereocenters. The van der Waals surface area contributed by atoms with Crippen molar-refractivity contribution in [1.82, 2.24) is 9.13 Å². The molecule has 8 heteroatoms. The van der Waals surface area contributed by atoms with Gasteiger partial charge in [0.2, 0.25) is 5.91 Å². The molecule has 1 aromatic heterocycles. The highest BCUT2D eigenvalue weighted by Gasteiger charge is 2.34. The number of para-hydroxylation sites is 1. The number of rotatable bonds is 4. The summed E-state index contributed by atoms with van der Waals surface area (Å²) in [6, 6.07) is 5.36. The molecule has 0 saturated heterocycles. The number of ether oxygens (including phenoxy) is 2. The highest BCUT2D eigenvalue weighted by Crippen LogP contribution is 2.42. The van der Waals surface area contributed by atoms with E-state index in [9.17, 15) is 14.4 Å². The molecule has 0 unspecified atom stereocenters. The summed E-state index contributed by atoms with van der Waals surface area (Å²) in [7, 11) is 4.48. The Morgan fingerprint density at radius 1 is 1.19 bits per heavy atom. The molecule has 2 heterocycles. The molecule has 0 spiro atoms. The zero-order chi connectivity index (χ0) is 19.0. The maximum atomic E-state index is 12.8. The van der Waals surface area contributed by atoms with Crippen LogP contribution in [-0.2, 0) is 18.9 Å². The Morgan fingerprint density at radius 2 is 1.92 bits per heavy atom. The zero-order valence-electron chi connectivity index (χ0n) is 15.2. The number of carbonyl (C=O) groups is 1. The van der Waals surface area contributed by atoms with Crippen LogP contribution in [0.25, 0.3) is 0 Å². The van der Waals surface area contributed by atoms with Gasteiger partial charge in [0.1, 0.15) is 5.82 Å². The third-order valence-corrected chi connectivity index (χ3v) is 4.59. The minimum Gasteiger partial charge on any atom is -0.493 e. The van der Waals surface area contributed by atoms with Crippen LogP contribution in [-0.4, -0.2) is 28.8 Å². The number of hydrogen-bond acceptors (Lipinski definition) is 5. The Labute approximate surface area is 150 Å². The van der Waals surface area contributed by atoms with Gasteiger partial charge in [0, 0.05) is 32.0 Å². The van der Waals surface area contributed by atoms with Crippen molar-refractivity contribution in [2.45, 2.75) is 19.3 Å². The number of carbonyl (C=O) groups excluding carboxylic acids is 1. The van der Waals surface area contributed by atoms with E-state index in [1.807, 2.05) is 13.0 Å². The lowest BCUT2D eigenvalue weighted by molar-refractivity contribution is -0.116. The zero-order valence-corrected chi connectivity index (χ0v) is 15.2. The fourth-order valence-electron chi connectivity index (χ4n) is 3.34. The van der Waals surface area contributed by atoms with Crippen LogP contribution in [0.5, 0.6) is 11.5 Å². The van der Waals surface area contributed by atoms with Crippen molar-refractivity contribution < 1.29 is 14.3 Å². The number of fused-ring (bicyclic) bond motifs is 1. The smallest absolute Gasteiger partial charge is 0.332 e. The van der Waals surface area contributed by atoms with Crippen LogP contribution >= 0.6 is 0 Å². The Morgan fingerprint density at radius 3 is 2.58 bits per heavy atom. The normalized spacial score (nSPS) is 16.0. The molecule has 0 aliphatic carbocycles. The third-order valence-electron chi connectivity index (χ3n) is 4.59. The van der Waals surface area contributed by atoms with Crippen molar-refractivity contribution in [3.63, 3.8) is 0 Å². The summed E-state index contributed by atoms with van der Waals surface area (Å²) < 4.78 is 13.5. The van der Waals surface area contributed by atoms with Gasteiger partial charge in [0.05, 0.1) is 19.3 Å². The van der Waals surface area contributed by atoms with Crippen molar-refractivity contribution >= 4 is 11.7 Å². The summed E-state index contributed by atoms with van der Waals surface area (Å²) >= 11 is 0. The second-order valence-corrected chi connectivity index (χ2v) is 6.08. The van der Waals surface area contributed by atoms with E-state index in [0.29, 0.717) is 29.2 Å². The lowest BCUT2D eigenvalue weighted by atomic mass is 9.86. The SMILES string of the molecule is CCOc1c(OC)cccc1[C@@H]1CC(=O)Nc2c1c(=O)n(C)c(=O)n2C. The summed E-state index contributed by atoms with van der Waals surface area (Å²) in [6.45, 7) is 2.25. The highest BCUT2D eigenvalue weighted by atomic mass is 16.5. The van der Waals surface area contributed by atoms with Crippen LogP contribution in [0.4, 0.5) is 5.82 Å². The molecule has 3 rings (SSSR count). The second-order valence-electron chi connectivity index (χ2n) is 6.08. The predicted octanol–water partition coefficient (Wildman–Crippen LogP) is 0.965. The molecule has 0 saturated carbocycles. The van der Waals surface area contributed by atoms with E-state index in [0.717, 1.165) is 4.57 Å². The van der Waals surface area contributed by atoms with Crippen LogP contribution in [0.2, 0.25) is 0 Å². The first-order valence-corrected chi connectivity index (χ1v) is 8.30. The maximum absolute atomic E-state index is 12.8. The fourth-order valence-corrected chi connectivity index (χ4v) is 3.34. The quantitative estimate of drug-likeness (QED) is 0.878. The summed E-state index contributed by atoms with van der Waals surface area (Å²) in [6.07, 6.45) is 0.0771. The number of amides is 1. The molecule has 1 aromatic carbocycles. The van der Waals surface area contributed by atoms with E-state index < -0.39 is 17.2 Å². The number of nitrogens with zero attached hydrogens (tertiary/aromatic N) is 2. The first kappa shape index (κ1) is 17.8. The van der Waals surface area contributed by atoms with E-state index in [1.165, 1.54) is 25.8 Å². The Kier molecular flexibility index (Phi) is 4.58. The largest absolute Gasteiger partial charge is 0.493 e. The first-order valence-electron chi connectivity index (χ1n) is 8.30. The van der Waals surface area contributed by atoms with E-state index >= 15 is 0 Å². The third kappa shape index (κ3) is 2.67. The van der Waals surface area contributed by atoms with Crippen molar-refractivity contribution in [2.24, 2.45) is 14.1 Å². The van der Waals surface area contributed by atoms with Gasteiger partial charge in [-0.15, -0.1) is 0 Å². The van der Waals surface area contributed by atoms with Crippen molar-refractivity contribution in [3.8, 4) is 11.5 Å². The molecule has 8 nitrogen and oxygen atoms in total. The van der Waals surface area contributed by atoms with E-state index in [4.69, 9.17) is 9.47 Å². The van der Waals surface area contributed by atoms with Gasteiger partial charge >= 0.3 is 5.69 Å². The Balaban J connectivity index is 2.32. The van der Waals surface area contributed by atoms with Crippen LogP contribution in [0.3, 0.4) is 0 Å². The molecule has 1 aliphatic rings. The molecular weight excluding hydrogens is 338 g/mol. The maximum Gasteiger partial charge on any atom is 0.332 e. The van der Waals surface area contributed by atoms with Crippen molar-refractivity contribution in [2.75, 3.05) is 19.0 Å². The summed E-state index contributed by atoms with van der Waals surface area (Å²) in [5.41, 5.74) is 0.116. The number of nitrogens with one attached hydrogen (secondary N) is 1. The van der Waals surface area contributed by atoms with Gasteiger partial charge in [-0.25, -0.2) is 4.79 Å². The van der Waals surface area contributed by atoms with Gasteiger partial charge in [-0.1, -0.05) is 12.1 Å². The van der Waals surface area contributed by atoms with Gasteiger partial charge in [-0.05, 0) is 13.0 Å². The number of anilines is 1. The number of methoxy groups -OCH3 is 1. The number of aromatic nitrogens is 2. The predicted molar refractivity (Wildman–Crippen MR) is 96.2 cm³/mol. The molecular formula is C18H21N3O5. The average Bonchev–Trinajstić information content (AvgIpc) is 2.64. The van der Waals surface area contributed by atoms with Gasteiger partial charge in [0.15, 0.2) is 11.5 Å². The van der Waals surface area contributed by atoms with E-state index in [1.54, 1.807) is 12.1 Å². The summed E-state index contributed by atoms with van der Waals surface area (Å²) in [4.78, 5) is 37.3. The lowest BCUT2D eigenvalue weighted by Crippen LogP contribution is -2.44. The van der Waals surface area contributed by atoms with Crippen molar-refractivity contribution in [1.29, 1.82) is 0 Å². The average molecular weight is 359 g/mol. The molecule has 138 valence electrons. The molecule has 26 heavy (non-hydrogen) atoms. The fraction of sp³-hybridized carbons (Fsp3) is 0.389. The summed E-state index contributed by atoms with van der Waals surface area (Å²) in [5, 5.41) is 2.66. The standard InChI is InChI=1S/C18H21N3O5/c1-5-26-15-10(7-6-8-12(15)25-4)11-9-13(22)19-16-14(11)17(23)21(3)18(24)20(16)2/h6-8,11H,5,9H2,1-4H3,(H,19,22)/t11-/m0/s1. The Bertz CT molecular complexity index is 990. The molecule has 0 bridgehead atoms. The number of hydrogen-bond donors (Lipinski definition) is 1. The van der Waals surface area contributed by atoms with Crippen LogP contribution < -0.4 is 26.0 Å². The van der Waals surface area contributed by atoms with Gasteiger partial charge < -0.3 is 14.8 Å².